The molecule has 0 aliphatic carbocycles. The number of amides is 2. The van der Waals surface area contributed by atoms with Crippen LogP contribution in [0.15, 0.2) is 42.5 Å². The Morgan fingerprint density at radius 1 is 1.18 bits per heavy atom. The van der Waals surface area contributed by atoms with Crippen LogP contribution >= 0.6 is 0 Å². The molecule has 2 aromatic rings. The summed E-state index contributed by atoms with van der Waals surface area (Å²) in [4.78, 5) is 37.9. The molecule has 0 aliphatic rings. The number of methoxy groups -OCH3 is 1. The van der Waals surface area contributed by atoms with Crippen LogP contribution < -0.4 is 14.8 Å². The second-order valence-corrected chi connectivity index (χ2v) is 7.82. The standard InChI is InChI=1S/C24H31N3O6/c1-6-17(3)25-24(29)18(4)26(14-19-10-8-7-9-16(19)2)23(28)15-33-20-11-12-21(27(30)31)22(13-20)32-5/h7-13,17-18H,6,14-15H2,1-5H3,(H,25,29)/t17-,18-/m1/s1. The van der Waals surface area contributed by atoms with E-state index in [0.29, 0.717) is 0 Å². The van der Waals surface area contributed by atoms with E-state index in [-0.39, 0.29) is 48.2 Å². The molecule has 1 N–H and O–H groups in total. The summed E-state index contributed by atoms with van der Waals surface area (Å²) in [5.41, 5.74) is 1.73. The van der Waals surface area contributed by atoms with Gasteiger partial charge in [0.05, 0.1) is 12.0 Å². The number of nitro benzene ring substituents is 1. The maximum absolute atomic E-state index is 13.1. The zero-order chi connectivity index (χ0) is 24.5. The number of carbonyl (C=O) groups excluding carboxylic acids is 2. The average Bonchev–Trinajstić information content (AvgIpc) is 2.80. The summed E-state index contributed by atoms with van der Waals surface area (Å²) in [6, 6.07) is 10.9. The third-order valence-corrected chi connectivity index (χ3v) is 5.48. The fraction of sp³-hybridized carbons (Fsp3) is 0.417. The fourth-order valence-electron chi connectivity index (χ4n) is 3.15. The molecule has 0 aliphatic heterocycles. The Labute approximate surface area is 193 Å². The molecular formula is C24H31N3O6. The first-order valence-corrected chi connectivity index (χ1v) is 10.8. The lowest BCUT2D eigenvalue weighted by Gasteiger charge is -2.30. The van der Waals surface area contributed by atoms with Crippen molar-refractivity contribution in [2.75, 3.05) is 13.7 Å². The Morgan fingerprint density at radius 2 is 1.88 bits per heavy atom. The average molecular weight is 458 g/mol. The normalized spacial score (nSPS) is 12.4. The van der Waals surface area contributed by atoms with Crippen molar-refractivity contribution in [1.82, 2.24) is 10.2 Å². The molecule has 0 saturated carbocycles. The molecule has 0 unspecified atom stereocenters. The minimum absolute atomic E-state index is 0.0146. The van der Waals surface area contributed by atoms with Gasteiger partial charge in [0.15, 0.2) is 6.61 Å². The van der Waals surface area contributed by atoms with E-state index in [4.69, 9.17) is 9.47 Å². The molecule has 2 rings (SSSR count). The summed E-state index contributed by atoms with van der Waals surface area (Å²) >= 11 is 0. The van der Waals surface area contributed by atoms with E-state index in [9.17, 15) is 19.7 Å². The first-order valence-electron chi connectivity index (χ1n) is 10.8. The largest absolute Gasteiger partial charge is 0.490 e. The van der Waals surface area contributed by atoms with Crippen LogP contribution in [0.3, 0.4) is 0 Å². The number of carbonyl (C=O) groups is 2. The number of ether oxygens (including phenoxy) is 2. The number of rotatable bonds is 11. The van der Waals surface area contributed by atoms with E-state index >= 15 is 0 Å². The van der Waals surface area contributed by atoms with Crippen LogP contribution in [0, 0.1) is 17.0 Å². The highest BCUT2D eigenvalue weighted by molar-refractivity contribution is 5.88. The molecule has 2 aromatic carbocycles. The van der Waals surface area contributed by atoms with Gasteiger partial charge in [-0.15, -0.1) is 0 Å². The van der Waals surface area contributed by atoms with Crippen LogP contribution in [-0.4, -0.2) is 47.4 Å². The van der Waals surface area contributed by atoms with Crippen LogP contribution in [0.2, 0.25) is 0 Å². The van der Waals surface area contributed by atoms with E-state index in [1.165, 1.54) is 30.2 Å². The van der Waals surface area contributed by atoms with Crippen molar-refractivity contribution in [2.24, 2.45) is 0 Å². The monoisotopic (exact) mass is 457 g/mol. The number of hydrogen-bond acceptors (Lipinski definition) is 6. The van der Waals surface area contributed by atoms with Gasteiger partial charge >= 0.3 is 5.69 Å². The first kappa shape index (κ1) is 25.6. The van der Waals surface area contributed by atoms with Gasteiger partial charge in [-0.1, -0.05) is 31.2 Å². The Bertz CT molecular complexity index is 994. The number of nitro groups is 1. The molecule has 2 amide bonds. The lowest BCUT2D eigenvalue weighted by Crippen LogP contribution is -2.50. The van der Waals surface area contributed by atoms with Crippen molar-refractivity contribution in [3.63, 3.8) is 0 Å². The first-order chi connectivity index (χ1) is 15.7. The smallest absolute Gasteiger partial charge is 0.311 e. The lowest BCUT2D eigenvalue weighted by atomic mass is 10.1. The molecule has 0 heterocycles. The number of aryl methyl sites for hydroxylation is 1. The molecule has 178 valence electrons. The third-order valence-electron chi connectivity index (χ3n) is 5.48. The zero-order valence-electron chi connectivity index (χ0n) is 19.7. The van der Waals surface area contributed by atoms with Gasteiger partial charge in [0, 0.05) is 24.7 Å². The Hall–Kier alpha value is -3.62. The summed E-state index contributed by atoms with van der Waals surface area (Å²) in [7, 11) is 1.32. The van der Waals surface area contributed by atoms with Gasteiger partial charge in [-0.2, -0.15) is 0 Å². The summed E-state index contributed by atoms with van der Waals surface area (Å²) in [5, 5.41) is 14.0. The predicted octanol–water partition coefficient (Wildman–Crippen LogP) is 3.62. The number of hydrogen-bond donors (Lipinski definition) is 1. The van der Waals surface area contributed by atoms with Crippen LogP contribution in [0.25, 0.3) is 0 Å². The van der Waals surface area contributed by atoms with Gasteiger partial charge in [0.25, 0.3) is 5.91 Å². The summed E-state index contributed by atoms with van der Waals surface area (Å²) in [6.07, 6.45) is 0.773. The quantitative estimate of drug-likeness (QED) is 0.408. The molecule has 9 heteroatoms. The van der Waals surface area contributed by atoms with Gasteiger partial charge in [0.1, 0.15) is 11.8 Å². The molecule has 0 radical (unpaired) electrons. The van der Waals surface area contributed by atoms with Gasteiger partial charge in [-0.05, 0) is 44.4 Å². The molecule has 33 heavy (non-hydrogen) atoms. The minimum Gasteiger partial charge on any atom is -0.490 e. The molecule has 0 spiro atoms. The highest BCUT2D eigenvalue weighted by Gasteiger charge is 2.27. The molecular weight excluding hydrogens is 426 g/mol. The van der Waals surface area contributed by atoms with Crippen molar-refractivity contribution in [1.29, 1.82) is 0 Å². The third kappa shape index (κ3) is 6.93. The number of benzene rings is 2. The SMILES string of the molecule is CC[C@@H](C)NC(=O)[C@@H](C)N(Cc1ccccc1C)C(=O)COc1ccc([N+](=O)[O-])c(OC)c1. The molecule has 0 saturated heterocycles. The Kier molecular flexibility index (Phi) is 9.20. The van der Waals surface area contributed by atoms with Crippen molar-refractivity contribution >= 4 is 17.5 Å². The van der Waals surface area contributed by atoms with E-state index < -0.39 is 11.0 Å². The fourth-order valence-corrected chi connectivity index (χ4v) is 3.15. The highest BCUT2D eigenvalue weighted by Crippen LogP contribution is 2.30. The van der Waals surface area contributed by atoms with Gasteiger partial charge in [-0.25, -0.2) is 0 Å². The number of nitrogens with zero attached hydrogens (tertiary/aromatic N) is 2. The minimum atomic E-state index is -0.721. The molecule has 0 bridgehead atoms. The maximum Gasteiger partial charge on any atom is 0.311 e. The summed E-state index contributed by atoms with van der Waals surface area (Å²) in [6.45, 7) is 7.41. The van der Waals surface area contributed by atoms with Gasteiger partial charge in [-0.3, -0.25) is 19.7 Å². The lowest BCUT2D eigenvalue weighted by molar-refractivity contribution is -0.385. The van der Waals surface area contributed by atoms with Crippen molar-refractivity contribution in [3.05, 3.63) is 63.7 Å². The Balaban J connectivity index is 2.21. The zero-order valence-corrected chi connectivity index (χ0v) is 19.7. The second kappa shape index (κ2) is 11.8. The van der Waals surface area contributed by atoms with Gasteiger partial charge in [0.2, 0.25) is 11.7 Å². The van der Waals surface area contributed by atoms with Gasteiger partial charge < -0.3 is 19.7 Å². The molecule has 0 aromatic heterocycles. The second-order valence-electron chi connectivity index (χ2n) is 7.82. The van der Waals surface area contributed by atoms with E-state index in [2.05, 4.69) is 5.32 Å². The van der Waals surface area contributed by atoms with E-state index in [0.717, 1.165) is 17.5 Å². The molecule has 2 atom stereocenters. The van der Waals surface area contributed by atoms with Crippen LogP contribution in [-0.2, 0) is 16.1 Å². The Morgan fingerprint density at radius 3 is 2.48 bits per heavy atom. The maximum atomic E-state index is 13.1. The van der Waals surface area contributed by atoms with Crippen molar-refractivity contribution in [2.45, 2.75) is 52.7 Å². The van der Waals surface area contributed by atoms with Crippen molar-refractivity contribution < 1.29 is 24.0 Å². The topological polar surface area (TPSA) is 111 Å². The van der Waals surface area contributed by atoms with E-state index in [1.54, 1.807) is 6.92 Å². The number of nitrogens with one attached hydrogen (secondary N) is 1. The van der Waals surface area contributed by atoms with E-state index in [1.807, 2.05) is 45.0 Å². The van der Waals surface area contributed by atoms with Crippen LogP contribution in [0.5, 0.6) is 11.5 Å². The highest BCUT2D eigenvalue weighted by atomic mass is 16.6. The van der Waals surface area contributed by atoms with Crippen LogP contribution in [0.1, 0.15) is 38.3 Å². The molecule has 9 nitrogen and oxygen atoms in total. The predicted molar refractivity (Wildman–Crippen MR) is 124 cm³/mol. The molecule has 0 fully saturated rings. The van der Waals surface area contributed by atoms with Crippen molar-refractivity contribution in [3.8, 4) is 11.5 Å². The summed E-state index contributed by atoms with van der Waals surface area (Å²) < 4.78 is 10.6. The van der Waals surface area contributed by atoms with Crippen LogP contribution in [0.4, 0.5) is 5.69 Å². The summed E-state index contributed by atoms with van der Waals surface area (Å²) in [5.74, 6) is -0.355.